The first-order chi connectivity index (χ1) is 10.1. The second-order valence-electron chi connectivity index (χ2n) is 5.55. The summed E-state index contributed by atoms with van der Waals surface area (Å²) in [5.41, 5.74) is 2.05. The first-order valence-corrected chi connectivity index (χ1v) is 8.07. The van der Waals surface area contributed by atoms with E-state index in [0.29, 0.717) is 5.39 Å². The molecule has 0 radical (unpaired) electrons. The van der Waals surface area contributed by atoms with E-state index in [0.717, 1.165) is 36.2 Å². The van der Waals surface area contributed by atoms with Crippen LogP contribution in [0.25, 0.3) is 16.3 Å². The van der Waals surface area contributed by atoms with Gasteiger partial charge in [-0.2, -0.15) is 0 Å². The lowest BCUT2D eigenvalue weighted by molar-refractivity contribution is 0.372. The van der Waals surface area contributed by atoms with Gasteiger partial charge < -0.3 is 9.32 Å². The molecule has 1 aromatic carbocycles. The third kappa shape index (κ3) is 3.21. The summed E-state index contributed by atoms with van der Waals surface area (Å²) in [4.78, 5) is 14.5. The monoisotopic (exact) mass is 427 g/mol. The highest BCUT2D eigenvalue weighted by molar-refractivity contribution is 9.09. The molecule has 0 aliphatic carbocycles. The van der Waals surface area contributed by atoms with Gasteiger partial charge in [0.15, 0.2) is 0 Å². The van der Waals surface area contributed by atoms with Crippen molar-refractivity contribution < 1.29 is 4.42 Å². The standard InChI is InChI=1S/C17H18BrNO2.BrH/c1-11(18)16-15(12-6-5-9-19(2)10-12)13-7-3-4-8-14(13)17(20)21-16;/h3-4,6-8,11H,5,9-10H2,1-2H3;1H. The van der Waals surface area contributed by atoms with Crippen LogP contribution in [0.5, 0.6) is 0 Å². The number of fused-ring (bicyclic) bond motifs is 1. The average molecular weight is 429 g/mol. The SMILES string of the molecule is Br.CC(Br)c1oc(=O)c2ccccc2c1C1=CCCN(C)C1. The minimum absolute atomic E-state index is 0. The molecule has 0 saturated carbocycles. The van der Waals surface area contributed by atoms with E-state index in [2.05, 4.69) is 34.0 Å². The zero-order valence-electron chi connectivity index (χ0n) is 12.6. The molecule has 0 saturated heterocycles. The maximum atomic E-state index is 12.2. The first kappa shape index (κ1) is 17.4. The van der Waals surface area contributed by atoms with Crippen molar-refractivity contribution in [2.75, 3.05) is 20.1 Å². The highest BCUT2D eigenvalue weighted by atomic mass is 79.9. The van der Waals surface area contributed by atoms with E-state index in [4.69, 9.17) is 4.42 Å². The molecule has 118 valence electrons. The molecule has 3 rings (SSSR count). The molecule has 0 amide bonds. The maximum Gasteiger partial charge on any atom is 0.343 e. The van der Waals surface area contributed by atoms with Crippen LogP contribution in [-0.4, -0.2) is 25.0 Å². The molecule has 2 heterocycles. The van der Waals surface area contributed by atoms with Crippen molar-refractivity contribution in [3.63, 3.8) is 0 Å². The summed E-state index contributed by atoms with van der Waals surface area (Å²) < 4.78 is 5.61. The predicted molar refractivity (Wildman–Crippen MR) is 100 cm³/mol. The fourth-order valence-electron chi connectivity index (χ4n) is 2.90. The van der Waals surface area contributed by atoms with E-state index in [1.54, 1.807) is 0 Å². The summed E-state index contributed by atoms with van der Waals surface area (Å²) >= 11 is 3.56. The van der Waals surface area contributed by atoms with Crippen LogP contribution in [0.1, 0.15) is 29.5 Å². The lowest BCUT2D eigenvalue weighted by Gasteiger charge is -2.25. The van der Waals surface area contributed by atoms with Crippen LogP contribution in [-0.2, 0) is 0 Å². The van der Waals surface area contributed by atoms with E-state index in [1.165, 1.54) is 5.57 Å². The van der Waals surface area contributed by atoms with Crippen LogP contribution in [0.4, 0.5) is 0 Å². The molecule has 22 heavy (non-hydrogen) atoms. The van der Waals surface area contributed by atoms with E-state index in [9.17, 15) is 4.79 Å². The van der Waals surface area contributed by atoms with Crippen molar-refractivity contribution in [3.8, 4) is 0 Å². The third-order valence-electron chi connectivity index (χ3n) is 3.89. The first-order valence-electron chi connectivity index (χ1n) is 7.15. The van der Waals surface area contributed by atoms with Crippen LogP contribution >= 0.6 is 32.9 Å². The largest absolute Gasteiger partial charge is 0.426 e. The second-order valence-corrected chi connectivity index (χ2v) is 6.92. The van der Waals surface area contributed by atoms with Gasteiger partial charge in [-0.3, -0.25) is 0 Å². The number of hydrogen-bond acceptors (Lipinski definition) is 3. The molecular formula is C17H19Br2NO2. The minimum Gasteiger partial charge on any atom is -0.426 e. The Labute approximate surface area is 148 Å². The maximum absolute atomic E-state index is 12.2. The minimum atomic E-state index is -0.264. The summed E-state index contributed by atoms with van der Waals surface area (Å²) in [6.07, 6.45) is 3.29. The number of likely N-dealkylation sites (N-methyl/N-ethyl adjacent to an activating group) is 1. The number of rotatable bonds is 2. The molecule has 2 aromatic rings. The van der Waals surface area contributed by atoms with Gasteiger partial charge >= 0.3 is 5.63 Å². The molecule has 1 unspecified atom stereocenters. The van der Waals surface area contributed by atoms with Gasteiger partial charge in [-0.25, -0.2) is 4.79 Å². The summed E-state index contributed by atoms with van der Waals surface area (Å²) in [5, 5.41) is 1.63. The molecule has 1 aromatic heterocycles. The van der Waals surface area contributed by atoms with Gasteiger partial charge in [-0.15, -0.1) is 17.0 Å². The van der Waals surface area contributed by atoms with Gasteiger partial charge in [-0.1, -0.05) is 40.2 Å². The fourth-order valence-corrected chi connectivity index (χ4v) is 3.23. The Balaban J connectivity index is 0.00000176. The molecular weight excluding hydrogens is 410 g/mol. The smallest absolute Gasteiger partial charge is 0.343 e. The molecule has 0 fully saturated rings. The van der Waals surface area contributed by atoms with Crippen LogP contribution in [0.15, 0.2) is 39.6 Å². The molecule has 3 nitrogen and oxygen atoms in total. The highest BCUT2D eigenvalue weighted by Crippen LogP contribution is 2.35. The van der Waals surface area contributed by atoms with Crippen LogP contribution in [0.3, 0.4) is 0 Å². The normalized spacial score (nSPS) is 17.0. The summed E-state index contributed by atoms with van der Waals surface area (Å²) in [5.74, 6) is 0.722. The Morgan fingerprint density at radius 2 is 1.95 bits per heavy atom. The number of benzene rings is 1. The van der Waals surface area contributed by atoms with Crippen molar-refractivity contribution >= 4 is 49.3 Å². The number of hydrogen-bond donors (Lipinski definition) is 0. The number of nitrogens with zero attached hydrogens (tertiary/aromatic N) is 1. The van der Waals surface area contributed by atoms with Crippen LogP contribution in [0, 0.1) is 0 Å². The summed E-state index contributed by atoms with van der Waals surface area (Å²) in [7, 11) is 2.12. The molecule has 5 heteroatoms. The third-order valence-corrected chi connectivity index (χ3v) is 4.31. The predicted octanol–water partition coefficient (Wildman–Crippen LogP) is 4.55. The Morgan fingerprint density at radius 3 is 2.59 bits per heavy atom. The van der Waals surface area contributed by atoms with Crippen LogP contribution in [0.2, 0.25) is 0 Å². The van der Waals surface area contributed by atoms with E-state index < -0.39 is 0 Å². The zero-order chi connectivity index (χ0) is 15.0. The van der Waals surface area contributed by atoms with Gasteiger partial charge in [0.25, 0.3) is 0 Å². The van der Waals surface area contributed by atoms with Crippen molar-refractivity contribution in [1.82, 2.24) is 4.90 Å². The molecule has 0 spiro atoms. The number of halogens is 2. The molecule has 1 atom stereocenters. The van der Waals surface area contributed by atoms with Gasteiger partial charge in [0.2, 0.25) is 0 Å². The van der Waals surface area contributed by atoms with Gasteiger partial charge in [0.05, 0.1) is 10.2 Å². The number of alkyl halides is 1. The van der Waals surface area contributed by atoms with Gasteiger partial charge in [0.1, 0.15) is 5.76 Å². The van der Waals surface area contributed by atoms with E-state index in [-0.39, 0.29) is 27.4 Å². The Hall–Kier alpha value is -0.910. The Morgan fingerprint density at radius 1 is 1.27 bits per heavy atom. The second kappa shape index (κ2) is 7.11. The van der Waals surface area contributed by atoms with Crippen molar-refractivity contribution in [1.29, 1.82) is 0 Å². The van der Waals surface area contributed by atoms with Crippen molar-refractivity contribution in [2.24, 2.45) is 0 Å². The molecule has 1 aliphatic heterocycles. The lowest BCUT2D eigenvalue weighted by Crippen LogP contribution is -2.25. The Kier molecular flexibility index (Phi) is 5.64. The van der Waals surface area contributed by atoms with Crippen molar-refractivity contribution in [3.05, 3.63) is 52.1 Å². The van der Waals surface area contributed by atoms with Gasteiger partial charge in [-0.05, 0) is 37.4 Å². The molecule has 1 aliphatic rings. The van der Waals surface area contributed by atoms with Crippen LogP contribution < -0.4 is 5.63 Å². The summed E-state index contributed by atoms with van der Waals surface area (Å²) in [6, 6.07) is 7.69. The fraction of sp³-hybridized carbons (Fsp3) is 0.353. The molecule has 0 bridgehead atoms. The van der Waals surface area contributed by atoms with Crippen molar-refractivity contribution in [2.45, 2.75) is 18.2 Å². The topological polar surface area (TPSA) is 33.5 Å². The summed E-state index contributed by atoms with van der Waals surface area (Å²) in [6.45, 7) is 3.94. The highest BCUT2D eigenvalue weighted by Gasteiger charge is 2.22. The quantitative estimate of drug-likeness (QED) is 0.658. The van der Waals surface area contributed by atoms with E-state index in [1.807, 2.05) is 31.2 Å². The average Bonchev–Trinajstić information content (AvgIpc) is 2.47. The Bertz CT molecular complexity index is 765. The lowest BCUT2D eigenvalue weighted by atomic mass is 9.94. The molecule has 0 N–H and O–H groups in total. The zero-order valence-corrected chi connectivity index (χ0v) is 15.9. The van der Waals surface area contributed by atoms with E-state index >= 15 is 0 Å². The van der Waals surface area contributed by atoms with Gasteiger partial charge in [0, 0.05) is 18.7 Å².